The van der Waals surface area contributed by atoms with Crippen LogP contribution >= 0.6 is 23.2 Å². The quantitative estimate of drug-likeness (QED) is 0.759. The number of aliphatic hydroxyl groups is 1. The molecule has 1 saturated heterocycles. The van der Waals surface area contributed by atoms with Crippen molar-refractivity contribution in [1.82, 2.24) is 4.90 Å². The van der Waals surface area contributed by atoms with E-state index in [2.05, 4.69) is 0 Å². The van der Waals surface area contributed by atoms with E-state index in [1.807, 2.05) is 29.2 Å². The van der Waals surface area contributed by atoms with Crippen molar-refractivity contribution in [3.05, 3.63) is 63.6 Å². The molecule has 0 radical (unpaired) electrons. The van der Waals surface area contributed by atoms with Gasteiger partial charge in [0.05, 0.1) is 22.2 Å². The fraction of sp³-hybridized carbons (Fsp3) is 0.381. The summed E-state index contributed by atoms with van der Waals surface area (Å²) in [6.45, 7) is 3.03. The monoisotopic (exact) mass is 422 g/mol. The second kappa shape index (κ2) is 9.14. The van der Waals surface area contributed by atoms with Gasteiger partial charge in [-0.25, -0.2) is 0 Å². The summed E-state index contributed by atoms with van der Waals surface area (Å²) in [7, 11) is 0. The number of amides is 1. The maximum absolute atomic E-state index is 11.4. The van der Waals surface area contributed by atoms with Gasteiger partial charge in [-0.05, 0) is 35.4 Å². The standard InChI is InChI=1S/C21H24Cl2N2O3/c1-13(26)25-10-8-17(9-11-25)28-16-5-2-14(3-6-16)21(27)20(24)15-4-7-18(22)19(23)12-15/h2-7,12,17,20-21,27H,8-11,24H2,1H3/t20-,21+/m1/s1. The minimum absolute atomic E-state index is 0.0878. The molecule has 2 atom stereocenters. The van der Waals surface area contributed by atoms with Gasteiger partial charge in [-0.1, -0.05) is 41.4 Å². The molecule has 0 unspecified atom stereocenters. The molecule has 3 rings (SSSR count). The third kappa shape index (κ3) is 4.97. The number of rotatable bonds is 5. The zero-order valence-electron chi connectivity index (χ0n) is 15.6. The van der Waals surface area contributed by atoms with Crippen LogP contribution in [0.2, 0.25) is 10.0 Å². The van der Waals surface area contributed by atoms with Crippen molar-refractivity contribution in [2.75, 3.05) is 13.1 Å². The van der Waals surface area contributed by atoms with Crippen molar-refractivity contribution in [1.29, 1.82) is 0 Å². The van der Waals surface area contributed by atoms with Crippen LogP contribution in [0.5, 0.6) is 5.75 Å². The Hall–Kier alpha value is -1.79. The second-order valence-electron chi connectivity index (χ2n) is 7.04. The van der Waals surface area contributed by atoms with Crippen LogP contribution < -0.4 is 10.5 Å². The van der Waals surface area contributed by atoms with Gasteiger partial charge in [-0.2, -0.15) is 0 Å². The molecule has 150 valence electrons. The summed E-state index contributed by atoms with van der Waals surface area (Å²) >= 11 is 12.0. The van der Waals surface area contributed by atoms with Gasteiger partial charge in [0.2, 0.25) is 5.91 Å². The molecule has 0 saturated carbocycles. The first-order valence-corrected chi connectivity index (χ1v) is 10.0. The van der Waals surface area contributed by atoms with Gasteiger partial charge in [0.1, 0.15) is 11.9 Å². The van der Waals surface area contributed by atoms with Crippen LogP contribution in [-0.2, 0) is 4.79 Å². The minimum atomic E-state index is -0.884. The molecule has 0 bridgehead atoms. The average molecular weight is 423 g/mol. The van der Waals surface area contributed by atoms with E-state index in [9.17, 15) is 9.90 Å². The molecule has 1 heterocycles. The second-order valence-corrected chi connectivity index (χ2v) is 7.85. The van der Waals surface area contributed by atoms with Gasteiger partial charge in [-0.3, -0.25) is 4.79 Å². The highest BCUT2D eigenvalue weighted by atomic mass is 35.5. The molecule has 2 aromatic carbocycles. The first-order chi connectivity index (χ1) is 13.3. The summed E-state index contributed by atoms with van der Waals surface area (Å²) in [6.07, 6.45) is 0.827. The van der Waals surface area contributed by atoms with Crippen LogP contribution in [0.25, 0.3) is 0 Å². The molecular formula is C21H24Cl2N2O3. The Labute approximate surface area is 175 Å². The molecule has 2 aromatic rings. The normalized spacial score (nSPS) is 17.2. The number of likely N-dealkylation sites (tertiary alicyclic amines) is 1. The lowest BCUT2D eigenvalue weighted by Crippen LogP contribution is -2.40. The lowest BCUT2D eigenvalue weighted by atomic mass is 9.96. The van der Waals surface area contributed by atoms with E-state index in [1.54, 1.807) is 25.1 Å². The van der Waals surface area contributed by atoms with E-state index >= 15 is 0 Å². The molecule has 1 aliphatic rings. The maximum Gasteiger partial charge on any atom is 0.219 e. The third-order valence-corrected chi connectivity index (χ3v) is 5.82. The van der Waals surface area contributed by atoms with Gasteiger partial charge in [-0.15, -0.1) is 0 Å². The van der Waals surface area contributed by atoms with Gasteiger partial charge < -0.3 is 20.5 Å². The van der Waals surface area contributed by atoms with Crippen molar-refractivity contribution in [3.63, 3.8) is 0 Å². The number of ether oxygens (including phenoxy) is 1. The van der Waals surface area contributed by atoms with Crippen molar-refractivity contribution >= 4 is 29.1 Å². The largest absolute Gasteiger partial charge is 0.490 e. The number of halogens is 2. The van der Waals surface area contributed by atoms with Crippen molar-refractivity contribution in [3.8, 4) is 5.75 Å². The lowest BCUT2D eigenvalue weighted by Gasteiger charge is -2.31. The number of aliphatic hydroxyl groups excluding tert-OH is 1. The molecule has 0 aromatic heterocycles. The fourth-order valence-electron chi connectivity index (χ4n) is 3.33. The Balaban J connectivity index is 1.60. The third-order valence-electron chi connectivity index (χ3n) is 5.08. The molecule has 7 heteroatoms. The lowest BCUT2D eigenvalue weighted by molar-refractivity contribution is -0.130. The maximum atomic E-state index is 11.4. The molecule has 1 amide bonds. The number of nitrogens with two attached hydrogens (primary N) is 1. The van der Waals surface area contributed by atoms with Crippen molar-refractivity contribution in [2.45, 2.75) is 38.0 Å². The molecule has 1 aliphatic heterocycles. The van der Waals surface area contributed by atoms with Crippen LogP contribution in [0.15, 0.2) is 42.5 Å². The summed E-state index contributed by atoms with van der Waals surface area (Å²) in [5.41, 5.74) is 7.60. The first kappa shape index (κ1) is 20.9. The summed E-state index contributed by atoms with van der Waals surface area (Å²) in [4.78, 5) is 13.2. The Morgan fingerprint density at radius 1 is 1.11 bits per heavy atom. The molecule has 1 fully saturated rings. The summed E-state index contributed by atoms with van der Waals surface area (Å²) < 4.78 is 6.01. The highest BCUT2D eigenvalue weighted by molar-refractivity contribution is 6.42. The average Bonchev–Trinajstić information content (AvgIpc) is 2.70. The van der Waals surface area contributed by atoms with Crippen LogP contribution in [0.3, 0.4) is 0 Å². The van der Waals surface area contributed by atoms with E-state index in [1.165, 1.54) is 0 Å². The zero-order chi connectivity index (χ0) is 20.3. The van der Waals surface area contributed by atoms with Crippen molar-refractivity contribution in [2.24, 2.45) is 5.73 Å². The van der Waals surface area contributed by atoms with Gasteiger partial charge in [0, 0.05) is 32.9 Å². The minimum Gasteiger partial charge on any atom is -0.490 e. The van der Waals surface area contributed by atoms with E-state index in [-0.39, 0.29) is 12.0 Å². The van der Waals surface area contributed by atoms with Crippen LogP contribution in [0.4, 0.5) is 0 Å². The molecular weight excluding hydrogens is 399 g/mol. The molecule has 28 heavy (non-hydrogen) atoms. The first-order valence-electron chi connectivity index (χ1n) is 9.26. The van der Waals surface area contributed by atoms with Crippen LogP contribution in [0, 0.1) is 0 Å². The number of carbonyl (C=O) groups excluding carboxylic acids is 1. The van der Waals surface area contributed by atoms with Crippen molar-refractivity contribution < 1.29 is 14.6 Å². The predicted octanol–water partition coefficient (Wildman–Crippen LogP) is 4.12. The number of hydrogen-bond donors (Lipinski definition) is 2. The number of piperidine rings is 1. The van der Waals surface area contributed by atoms with Gasteiger partial charge in [0.25, 0.3) is 0 Å². The molecule has 5 nitrogen and oxygen atoms in total. The van der Waals surface area contributed by atoms with Gasteiger partial charge in [0.15, 0.2) is 0 Å². The number of hydrogen-bond acceptors (Lipinski definition) is 4. The van der Waals surface area contributed by atoms with Gasteiger partial charge >= 0.3 is 0 Å². The summed E-state index contributed by atoms with van der Waals surface area (Å²) in [5.74, 6) is 0.843. The summed E-state index contributed by atoms with van der Waals surface area (Å²) in [5, 5.41) is 11.5. The Morgan fingerprint density at radius 3 is 2.29 bits per heavy atom. The van der Waals surface area contributed by atoms with E-state index in [0.717, 1.165) is 31.7 Å². The zero-order valence-corrected chi connectivity index (χ0v) is 17.2. The summed E-state index contributed by atoms with van der Waals surface area (Å²) in [6, 6.07) is 11.7. The van der Waals surface area contributed by atoms with E-state index in [4.69, 9.17) is 33.7 Å². The fourth-order valence-corrected chi connectivity index (χ4v) is 3.64. The number of nitrogens with zero attached hydrogens (tertiary/aromatic N) is 1. The highest BCUT2D eigenvalue weighted by Crippen LogP contribution is 2.32. The SMILES string of the molecule is CC(=O)N1CCC(Oc2ccc([C@H](O)[C@H](N)c3ccc(Cl)c(Cl)c3)cc2)CC1. The van der Waals surface area contributed by atoms with E-state index in [0.29, 0.717) is 21.2 Å². The Morgan fingerprint density at radius 2 is 1.71 bits per heavy atom. The highest BCUT2D eigenvalue weighted by Gasteiger charge is 2.23. The molecule has 0 aliphatic carbocycles. The number of benzene rings is 2. The van der Waals surface area contributed by atoms with Crippen LogP contribution in [-0.4, -0.2) is 35.1 Å². The molecule has 0 spiro atoms. The number of carbonyl (C=O) groups is 1. The predicted molar refractivity (Wildman–Crippen MR) is 111 cm³/mol. The molecule has 3 N–H and O–H groups in total. The van der Waals surface area contributed by atoms with E-state index < -0.39 is 12.1 Å². The topological polar surface area (TPSA) is 75.8 Å². The smallest absolute Gasteiger partial charge is 0.219 e. The Kier molecular flexibility index (Phi) is 6.83. The van der Waals surface area contributed by atoms with Crippen LogP contribution in [0.1, 0.15) is 43.0 Å². The Bertz CT molecular complexity index is 821.